The summed E-state index contributed by atoms with van der Waals surface area (Å²) in [6.07, 6.45) is 4.50. The number of aromatic nitrogens is 2. The van der Waals surface area contributed by atoms with Crippen molar-refractivity contribution in [1.82, 2.24) is 25.9 Å². The monoisotopic (exact) mass is 457 g/mol. The molecule has 172 valence electrons. The summed E-state index contributed by atoms with van der Waals surface area (Å²) in [6.45, 7) is -0.481. The molecule has 4 amide bonds. The number of H-pyrrole nitrogens is 1. The molecule has 14 heteroatoms. The Kier molecular flexibility index (Phi) is 11.1. The van der Waals surface area contributed by atoms with Crippen molar-refractivity contribution < 1.29 is 29.1 Å². The summed E-state index contributed by atoms with van der Waals surface area (Å²) in [5, 5.41) is 16.5. The molecule has 1 aromatic heterocycles. The third-order valence-corrected chi connectivity index (χ3v) is 4.68. The largest absolute Gasteiger partial charge is 0.480 e. The third kappa shape index (κ3) is 9.95. The van der Waals surface area contributed by atoms with Crippen LogP contribution in [0, 0.1) is 0 Å². The third-order valence-electron chi connectivity index (χ3n) is 4.04. The van der Waals surface area contributed by atoms with Crippen LogP contribution in [0.15, 0.2) is 12.5 Å². The molecule has 13 nitrogen and oxygen atoms in total. The molecule has 0 bridgehead atoms. The van der Waals surface area contributed by atoms with Gasteiger partial charge in [-0.05, 0) is 18.4 Å². The van der Waals surface area contributed by atoms with E-state index < -0.39 is 54.3 Å². The molecule has 9 N–H and O–H groups in total. The van der Waals surface area contributed by atoms with Crippen LogP contribution < -0.4 is 27.4 Å². The first-order valence-corrected chi connectivity index (χ1v) is 10.6. The minimum Gasteiger partial charge on any atom is -0.480 e. The van der Waals surface area contributed by atoms with Gasteiger partial charge in [-0.1, -0.05) is 0 Å². The van der Waals surface area contributed by atoms with E-state index in [2.05, 4.69) is 25.9 Å². The van der Waals surface area contributed by atoms with E-state index in [1.807, 2.05) is 6.26 Å². The number of carboxylic acid groups (broad SMARTS) is 1. The van der Waals surface area contributed by atoms with Crippen LogP contribution >= 0.6 is 11.8 Å². The zero-order valence-corrected chi connectivity index (χ0v) is 17.7. The fraction of sp³-hybridized carbons (Fsp3) is 0.529. The minimum absolute atomic E-state index is 0.0158. The van der Waals surface area contributed by atoms with Gasteiger partial charge in [-0.15, -0.1) is 0 Å². The van der Waals surface area contributed by atoms with E-state index >= 15 is 0 Å². The van der Waals surface area contributed by atoms with Gasteiger partial charge in [0.2, 0.25) is 23.6 Å². The van der Waals surface area contributed by atoms with Gasteiger partial charge >= 0.3 is 5.97 Å². The van der Waals surface area contributed by atoms with Gasteiger partial charge in [0.25, 0.3) is 0 Å². The average molecular weight is 458 g/mol. The van der Waals surface area contributed by atoms with Crippen molar-refractivity contribution in [3.8, 4) is 0 Å². The van der Waals surface area contributed by atoms with Gasteiger partial charge in [-0.2, -0.15) is 11.8 Å². The number of imidazole rings is 1. The molecule has 1 aromatic rings. The van der Waals surface area contributed by atoms with Crippen molar-refractivity contribution in [3.63, 3.8) is 0 Å². The first kappa shape index (κ1) is 25.9. The number of rotatable bonds is 14. The second-order valence-corrected chi connectivity index (χ2v) is 7.56. The quantitative estimate of drug-likeness (QED) is 0.152. The maximum atomic E-state index is 12.6. The number of nitrogens with two attached hydrogens (primary N) is 2. The normalized spacial score (nSPS) is 13.5. The van der Waals surface area contributed by atoms with Gasteiger partial charge in [0.15, 0.2) is 0 Å². The number of carboxylic acids is 1. The standard InChI is InChI=1S/C17H27N7O6S/c1-31-3-2-11(23-14(26)7-21-15(27)10(18)5-13(19)25)16(28)24-12(17(29)30)4-9-6-20-8-22-9/h6,8,10-12H,2-5,7,18H2,1H3,(H2,19,25)(H,20,22)(H,21,27)(H,23,26)(H,24,28)(H,29,30). The fourth-order valence-electron chi connectivity index (χ4n) is 2.45. The number of carbonyl (C=O) groups excluding carboxylic acids is 4. The number of hydrogen-bond donors (Lipinski definition) is 7. The summed E-state index contributed by atoms with van der Waals surface area (Å²) in [7, 11) is 0. The summed E-state index contributed by atoms with van der Waals surface area (Å²) in [6, 6.07) is -3.44. The molecule has 1 heterocycles. The van der Waals surface area contributed by atoms with E-state index in [4.69, 9.17) is 11.5 Å². The second kappa shape index (κ2) is 13.2. The minimum atomic E-state index is -1.24. The highest BCUT2D eigenvalue weighted by Crippen LogP contribution is 2.04. The number of primary amides is 1. The number of carbonyl (C=O) groups is 5. The first-order valence-electron chi connectivity index (χ1n) is 9.24. The molecule has 0 aliphatic heterocycles. The lowest BCUT2D eigenvalue weighted by molar-refractivity contribution is -0.142. The van der Waals surface area contributed by atoms with Crippen LogP contribution in [0.5, 0.6) is 0 Å². The predicted molar refractivity (Wildman–Crippen MR) is 112 cm³/mol. The number of hydrogen-bond acceptors (Lipinski definition) is 8. The van der Waals surface area contributed by atoms with Crippen LogP contribution in [0.3, 0.4) is 0 Å². The van der Waals surface area contributed by atoms with Crippen molar-refractivity contribution in [1.29, 1.82) is 0 Å². The molecule has 0 aromatic carbocycles. The number of thioether (sulfide) groups is 1. The molecule has 0 saturated heterocycles. The van der Waals surface area contributed by atoms with E-state index in [9.17, 15) is 29.1 Å². The number of nitrogens with zero attached hydrogens (tertiary/aromatic N) is 1. The molecule has 0 radical (unpaired) electrons. The molecule has 3 unspecified atom stereocenters. The lowest BCUT2D eigenvalue weighted by atomic mass is 10.1. The molecule has 31 heavy (non-hydrogen) atoms. The summed E-state index contributed by atoms with van der Waals surface area (Å²) in [5.74, 6) is -3.58. The zero-order valence-electron chi connectivity index (χ0n) is 16.9. The highest BCUT2D eigenvalue weighted by Gasteiger charge is 2.27. The molecule has 0 saturated carbocycles. The molecule has 0 aliphatic carbocycles. The van der Waals surface area contributed by atoms with Crippen molar-refractivity contribution >= 4 is 41.4 Å². The molecular weight excluding hydrogens is 430 g/mol. The topological polar surface area (TPSA) is 222 Å². The average Bonchev–Trinajstić information content (AvgIpc) is 3.21. The van der Waals surface area contributed by atoms with Crippen LogP contribution in [-0.2, 0) is 30.4 Å². The second-order valence-electron chi connectivity index (χ2n) is 6.58. The van der Waals surface area contributed by atoms with Crippen LogP contribution in [0.4, 0.5) is 0 Å². The van der Waals surface area contributed by atoms with Gasteiger partial charge in [0, 0.05) is 18.3 Å². The lowest BCUT2D eigenvalue weighted by Gasteiger charge is -2.21. The van der Waals surface area contributed by atoms with Crippen LogP contribution in [-0.4, -0.2) is 81.4 Å². The summed E-state index contributed by atoms with van der Waals surface area (Å²) in [5.41, 5.74) is 11.0. The van der Waals surface area contributed by atoms with E-state index in [0.717, 1.165) is 0 Å². The van der Waals surface area contributed by atoms with E-state index in [1.54, 1.807) is 0 Å². The Morgan fingerprint density at radius 3 is 2.45 bits per heavy atom. The highest BCUT2D eigenvalue weighted by atomic mass is 32.2. The fourth-order valence-corrected chi connectivity index (χ4v) is 2.92. The first-order chi connectivity index (χ1) is 14.6. The van der Waals surface area contributed by atoms with E-state index in [1.165, 1.54) is 24.3 Å². The molecule has 0 fully saturated rings. The number of aromatic amines is 1. The van der Waals surface area contributed by atoms with Gasteiger partial charge in [-0.25, -0.2) is 9.78 Å². The number of amides is 4. The zero-order chi connectivity index (χ0) is 23.4. The van der Waals surface area contributed by atoms with E-state index in [-0.39, 0.29) is 19.3 Å². The Bertz CT molecular complexity index is 773. The van der Waals surface area contributed by atoms with E-state index in [0.29, 0.717) is 11.4 Å². The molecule has 3 atom stereocenters. The predicted octanol–water partition coefficient (Wildman–Crippen LogP) is -2.92. The Morgan fingerprint density at radius 2 is 1.90 bits per heavy atom. The summed E-state index contributed by atoms with van der Waals surface area (Å²) in [4.78, 5) is 65.4. The van der Waals surface area contributed by atoms with Crippen LogP contribution in [0.2, 0.25) is 0 Å². The van der Waals surface area contributed by atoms with Crippen molar-refractivity contribution in [2.75, 3.05) is 18.6 Å². The summed E-state index contributed by atoms with van der Waals surface area (Å²) < 4.78 is 0. The molecule has 1 rings (SSSR count). The van der Waals surface area contributed by atoms with Gasteiger partial charge in [0.1, 0.15) is 12.1 Å². The van der Waals surface area contributed by atoms with Crippen LogP contribution in [0.1, 0.15) is 18.5 Å². The summed E-state index contributed by atoms with van der Waals surface area (Å²) >= 11 is 1.44. The Balaban J connectivity index is 2.67. The van der Waals surface area contributed by atoms with Gasteiger partial charge in [0.05, 0.1) is 25.3 Å². The Labute approximate surface area is 182 Å². The van der Waals surface area contributed by atoms with Crippen molar-refractivity contribution in [3.05, 3.63) is 18.2 Å². The maximum Gasteiger partial charge on any atom is 0.326 e. The molecule has 0 spiro atoms. The van der Waals surface area contributed by atoms with Crippen molar-refractivity contribution in [2.45, 2.75) is 37.4 Å². The van der Waals surface area contributed by atoms with Gasteiger partial charge < -0.3 is 37.5 Å². The number of aliphatic carboxylic acids is 1. The van der Waals surface area contributed by atoms with Gasteiger partial charge in [-0.3, -0.25) is 19.2 Å². The lowest BCUT2D eigenvalue weighted by Crippen LogP contribution is -2.54. The smallest absolute Gasteiger partial charge is 0.326 e. The molecule has 0 aliphatic rings. The number of nitrogens with one attached hydrogen (secondary N) is 4. The molecular formula is C17H27N7O6S. The Morgan fingerprint density at radius 1 is 1.19 bits per heavy atom. The SMILES string of the molecule is CSCCC(NC(=O)CNC(=O)C(N)CC(N)=O)C(=O)NC(Cc1cnc[nH]1)C(=O)O. The highest BCUT2D eigenvalue weighted by molar-refractivity contribution is 7.98. The maximum absolute atomic E-state index is 12.6. The van der Waals surface area contributed by atoms with Crippen molar-refractivity contribution in [2.24, 2.45) is 11.5 Å². The Hall–Kier alpha value is -3.13. The van der Waals surface area contributed by atoms with Crippen LogP contribution in [0.25, 0.3) is 0 Å².